The molecule has 1 aliphatic carbocycles. The zero-order valence-corrected chi connectivity index (χ0v) is 41.6. The van der Waals surface area contributed by atoms with Gasteiger partial charge >= 0.3 is 5.97 Å². The molecule has 0 radical (unpaired) electrons. The van der Waals surface area contributed by atoms with Crippen LogP contribution in [0.1, 0.15) is 132 Å². The molecule has 3 rings (SSSR count). The third-order valence-electron chi connectivity index (χ3n) is 14.6. The zero-order valence-electron chi connectivity index (χ0n) is 41.6. The number of amides is 1. The Labute approximate surface area is 394 Å². The lowest BCUT2D eigenvalue weighted by Gasteiger charge is -2.38. The van der Waals surface area contributed by atoms with Gasteiger partial charge in [0.1, 0.15) is 35.7 Å². The number of hydrogen-bond acceptors (Lipinski definition) is 13. The monoisotopic (exact) mass is 930 g/mol. The van der Waals surface area contributed by atoms with E-state index in [1.165, 1.54) is 18.9 Å². The Bertz CT molecular complexity index is 1740. The summed E-state index contributed by atoms with van der Waals surface area (Å²) in [5, 5.41) is 44.5. The smallest absolute Gasteiger partial charge is 0.329 e. The number of piperidine rings is 1. The number of nitrogens with zero attached hydrogens (tertiary/aromatic N) is 1. The molecule has 3 aliphatic rings. The number of carbonyl (C=O) groups is 5. The van der Waals surface area contributed by atoms with E-state index in [1.807, 2.05) is 51.2 Å². The molecule has 0 bridgehead atoms. The molecule has 0 aromatic heterocycles. The van der Waals surface area contributed by atoms with Crippen molar-refractivity contribution in [2.75, 3.05) is 27.9 Å². The molecule has 14 heteroatoms. The first-order valence-corrected chi connectivity index (χ1v) is 24.2. The number of aliphatic hydroxyl groups excluding tert-OH is 3. The van der Waals surface area contributed by atoms with Crippen LogP contribution in [0.3, 0.4) is 0 Å². The lowest BCUT2D eigenvalue weighted by Crippen LogP contribution is -2.57. The number of Topliss-reactive ketones (excluding diaryl/α,β-unsaturated/α-hetero) is 3. The minimum atomic E-state index is -2.10. The van der Waals surface area contributed by atoms with Gasteiger partial charge in [-0.1, -0.05) is 71.1 Å². The summed E-state index contributed by atoms with van der Waals surface area (Å²) in [6.07, 6.45) is 10.3. The Morgan fingerprint density at radius 1 is 0.833 bits per heavy atom. The fourth-order valence-corrected chi connectivity index (χ4v) is 9.75. The summed E-state index contributed by atoms with van der Waals surface area (Å²) in [6, 6.07) is -1.13. The molecule has 0 unspecified atom stereocenters. The first kappa shape index (κ1) is 57.0. The molecule has 2 heterocycles. The first-order valence-electron chi connectivity index (χ1n) is 24.2. The van der Waals surface area contributed by atoms with Gasteiger partial charge in [-0.05, 0) is 120 Å². The Morgan fingerprint density at radius 3 is 2.18 bits per heavy atom. The number of carbonyl (C=O) groups excluding carboxylic acids is 5. The molecule has 0 aromatic rings. The molecule has 2 fully saturated rings. The van der Waals surface area contributed by atoms with E-state index in [0.717, 1.165) is 12.0 Å². The third kappa shape index (κ3) is 16.1. The predicted molar refractivity (Wildman–Crippen MR) is 252 cm³/mol. The van der Waals surface area contributed by atoms with E-state index < -0.39 is 83.7 Å². The quantitative estimate of drug-likeness (QED) is 0.133. The maximum atomic E-state index is 14.3. The number of hydrogen-bond donors (Lipinski definition) is 4. The van der Waals surface area contributed by atoms with E-state index in [2.05, 4.69) is 0 Å². The second-order valence-corrected chi connectivity index (χ2v) is 20.0. The van der Waals surface area contributed by atoms with Crippen LogP contribution < -0.4 is 0 Å². The van der Waals surface area contributed by atoms with Gasteiger partial charge in [0.25, 0.3) is 11.7 Å². The van der Waals surface area contributed by atoms with Crippen LogP contribution in [-0.2, 0) is 42.9 Å². The minimum absolute atomic E-state index is 0.0161. The lowest BCUT2D eigenvalue weighted by molar-refractivity contribution is -0.169. The SMILES string of the molecule is CO[C@H]1C[C@@H](O)CC[C@@H](C)[C@](C)(O)C(=O)C(=O)N2CCCC[C@H]2C(=O)O[C@H]([C@H](C)C[C@@H]2CC[C@@H](O)[C@H](OC)C2)CC(=O)[C@H](C)/C=C(\C)[C@@H](O)[C@@H](OC)C(=O)[C@H](C)C[C@H](C)/C=C/C=C/C=C1C. The summed E-state index contributed by atoms with van der Waals surface area (Å²) in [4.78, 5) is 71.2. The summed E-state index contributed by atoms with van der Waals surface area (Å²) in [5.41, 5.74) is -0.850. The number of methoxy groups -OCH3 is 3. The van der Waals surface area contributed by atoms with Gasteiger partial charge in [-0.25, -0.2) is 4.79 Å². The fraction of sp³-hybridized carbons (Fsp3) is 0.750. The topological polar surface area (TPSA) is 206 Å². The lowest BCUT2D eigenvalue weighted by atomic mass is 9.78. The Hall–Kier alpha value is -3.37. The second-order valence-electron chi connectivity index (χ2n) is 20.0. The highest BCUT2D eigenvalue weighted by molar-refractivity contribution is 6.39. The van der Waals surface area contributed by atoms with Crippen molar-refractivity contribution < 1.29 is 63.3 Å². The van der Waals surface area contributed by atoms with Crippen LogP contribution in [-0.4, -0.2) is 137 Å². The molecule has 1 saturated heterocycles. The molecule has 0 aromatic carbocycles. The predicted octanol–water partition coefficient (Wildman–Crippen LogP) is 6.21. The molecule has 374 valence electrons. The van der Waals surface area contributed by atoms with Crippen molar-refractivity contribution in [1.82, 2.24) is 4.90 Å². The molecule has 15 atom stereocenters. The Balaban J connectivity index is 2.00. The average Bonchev–Trinajstić information content (AvgIpc) is 3.28. The highest BCUT2D eigenvalue weighted by Gasteiger charge is 2.46. The van der Waals surface area contributed by atoms with Crippen LogP contribution in [0, 0.1) is 35.5 Å². The average molecular weight is 930 g/mol. The number of cyclic esters (lactones) is 1. The van der Waals surface area contributed by atoms with Crippen LogP contribution in [0.2, 0.25) is 0 Å². The standard InChI is InChI=1S/C52H83NO13/c1-31-17-13-12-14-18-32(2)43(63-9)29-39(54)22-20-37(7)52(8,62)49(59)50(60)53-24-16-15-19-40(53)51(61)66-44(34(4)27-38-21-23-41(55)45(28-38)64-10)30-42(56)33(3)26-36(6)47(58)48(65-11)46(57)35(5)25-31/h12-14,17-18,26,31,33-35,37-41,43-45,47-48,54-55,58,62H,15-16,19-25,27-30H2,1-11H3/b14-12+,17-13+,32-18?,36-26+/t31-,33-,34-,35-,37-,38+,39+,40+,41-,43+,44+,45-,47-,48+,52+/m1/s1. The minimum Gasteiger partial charge on any atom is -0.460 e. The van der Waals surface area contributed by atoms with Gasteiger partial charge in [0.15, 0.2) is 5.78 Å². The summed E-state index contributed by atoms with van der Waals surface area (Å²) in [7, 11) is 4.49. The van der Waals surface area contributed by atoms with Crippen molar-refractivity contribution in [2.45, 2.75) is 187 Å². The third-order valence-corrected chi connectivity index (χ3v) is 14.6. The van der Waals surface area contributed by atoms with Crippen LogP contribution in [0.15, 0.2) is 47.6 Å². The summed E-state index contributed by atoms with van der Waals surface area (Å²) >= 11 is 0. The fourth-order valence-electron chi connectivity index (χ4n) is 9.75. The van der Waals surface area contributed by atoms with Gasteiger partial charge in [0.05, 0.1) is 24.4 Å². The molecule has 66 heavy (non-hydrogen) atoms. The molecule has 2 aliphatic heterocycles. The van der Waals surface area contributed by atoms with Crippen molar-refractivity contribution >= 4 is 29.2 Å². The van der Waals surface area contributed by atoms with E-state index in [1.54, 1.807) is 48.0 Å². The summed E-state index contributed by atoms with van der Waals surface area (Å²) < 4.78 is 23.0. The van der Waals surface area contributed by atoms with Gasteiger partial charge in [0.2, 0.25) is 0 Å². The van der Waals surface area contributed by atoms with E-state index in [9.17, 15) is 44.4 Å². The highest BCUT2D eigenvalue weighted by atomic mass is 16.5. The molecular weight excluding hydrogens is 847 g/mol. The molecule has 1 saturated carbocycles. The highest BCUT2D eigenvalue weighted by Crippen LogP contribution is 2.35. The van der Waals surface area contributed by atoms with Crippen LogP contribution >= 0.6 is 0 Å². The van der Waals surface area contributed by atoms with Crippen molar-refractivity contribution in [1.29, 1.82) is 0 Å². The summed E-state index contributed by atoms with van der Waals surface area (Å²) in [6.45, 7) is 14.0. The van der Waals surface area contributed by atoms with Crippen LogP contribution in [0.5, 0.6) is 0 Å². The number of esters is 1. The molecule has 4 N–H and O–H groups in total. The van der Waals surface area contributed by atoms with Gasteiger partial charge in [-0.3, -0.25) is 19.2 Å². The number of ketones is 3. The van der Waals surface area contributed by atoms with E-state index >= 15 is 0 Å². The number of allylic oxidation sites excluding steroid dienone is 6. The normalized spacial score (nSPS) is 38.7. The van der Waals surface area contributed by atoms with Gasteiger partial charge < -0.3 is 44.3 Å². The van der Waals surface area contributed by atoms with E-state index in [0.29, 0.717) is 44.1 Å². The van der Waals surface area contributed by atoms with Crippen molar-refractivity contribution in [3.63, 3.8) is 0 Å². The van der Waals surface area contributed by atoms with Crippen molar-refractivity contribution in [3.8, 4) is 0 Å². The number of ether oxygens (including phenoxy) is 4. The molecule has 1 amide bonds. The first-order chi connectivity index (χ1) is 31.1. The van der Waals surface area contributed by atoms with Crippen molar-refractivity contribution in [2.24, 2.45) is 35.5 Å². The Kier molecular flexibility index (Phi) is 23.3. The summed E-state index contributed by atoms with van der Waals surface area (Å²) in [5.74, 6) is -5.48. The molecule has 0 spiro atoms. The van der Waals surface area contributed by atoms with Gasteiger partial charge in [-0.15, -0.1) is 0 Å². The van der Waals surface area contributed by atoms with Gasteiger partial charge in [0, 0.05) is 52.6 Å². The number of fused-ring (bicyclic) bond motifs is 1. The van der Waals surface area contributed by atoms with Crippen LogP contribution in [0.4, 0.5) is 0 Å². The van der Waals surface area contributed by atoms with Crippen LogP contribution in [0.25, 0.3) is 0 Å². The number of aliphatic hydroxyl groups is 4. The molecular formula is C52H83NO13. The number of rotatable bonds is 6. The van der Waals surface area contributed by atoms with E-state index in [4.69, 9.17) is 18.9 Å². The largest absolute Gasteiger partial charge is 0.460 e. The van der Waals surface area contributed by atoms with Gasteiger partial charge in [-0.2, -0.15) is 0 Å². The maximum absolute atomic E-state index is 14.3. The molecule has 14 nitrogen and oxygen atoms in total. The van der Waals surface area contributed by atoms with E-state index in [-0.39, 0.29) is 74.1 Å². The second kappa shape index (κ2) is 27.0. The van der Waals surface area contributed by atoms with Crippen molar-refractivity contribution in [3.05, 3.63) is 47.6 Å². The zero-order chi connectivity index (χ0) is 49.5. The maximum Gasteiger partial charge on any atom is 0.329 e. The Morgan fingerprint density at radius 2 is 1.53 bits per heavy atom.